The Labute approximate surface area is 118 Å². The fourth-order valence-electron chi connectivity index (χ4n) is 2.02. The molecule has 0 bridgehead atoms. The monoisotopic (exact) mass is 276 g/mol. The summed E-state index contributed by atoms with van der Waals surface area (Å²) in [6.45, 7) is 3.68. The highest BCUT2D eigenvalue weighted by molar-refractivity contribution is 5.59. The van der Waals surface area contributed by atoms with Gasteiger partial charge >= 0.3 is 0 Å². The second-order valence-corrected chi connectivity index (χ2v) is 4.77. The number of rotatable bonds is 7. The summed E-state index contributed by atoms with van der Waals surface area (Å²) in [4.78, 5) is 1.92. The van der Waals surface area contributed by atoms with Gasteiger partial charge in [0, 0.05) is 24.7 Å². The Morgan fingerprint density at radius 3 is 2.35 bits per heavy atom. The second-order valence-electron chi connectivity index (χ2n) is 4.77. The number of aliphatic hydroxyl groups excluding tert-OH is 2. The lowest BCUT2D eigenvalue weighted by Gasteiger charge is -2.17. The van der Waals surface area contributed by atoms with Crippen molar-refractivity contribution in [1.82, 2.24) is 10.1 Å². The number of nitrogens with zero attached hydrogens (tertiary/aromatic N) is 2. The first-order valence-electron chi connectivity index (χ1n) is 6.69. The van der Waals surface area contributed by atoms with Gasteiger partial charge in [0.05, 0.1) is 19.8 Å². The lowest BCUT2D eigenvalue weighted by Crippen LogP contribution is -2.29. The standard InChI is InChI=1S/C15H20N2O3/c1-12-2-4-13(5-3-12)15-10-14(20-16-15)11-17(6-8-18)7-9-19/h2-5,10,18-19H,6-9,11H2,1H3. The molecule has 1 heterocycles. The average molecular weight is 276 g/mol. The molecule has 2 aromatic rings. The number of benzene rings is 1. The van der Waals surface area contributed by atoms with Crippen LogP contribution in [0.15, 0.2) is 34.9 Å². The Balaban J connectivity index is 2.06. The van der Waals surface area contributed by atoms with E-state index in [1.807, 2.05) is 42.2 Å². The van der Waals surface area contributed by atoms with Crippen LogP contribution in [0.3, 0.4) is 0 Å². The molecule has 0 spiro atoms. The van der Waals surface area contributed by atoms with Crippen molar-refractivity contribution in [3.05, 3.63) is 41.7 Å². The van der Waals surface area contributed by atoms with Gasteiger partial charge in [-0.3, -0.25) is 4.90 Å². The summed E-state index contributed by atoms with van der Waals surface area (Å²) < 4.78 is 5.32. The van der Waals surface area contributed by atoms with Crippen molar-refractivity contribution in [2.24, 2.45) is 0 Å². The number of aliphatic hydroxyl groups is 2. The molecule has 0 aliphatic carbocycles. The van der Waals surface area contributed by atoms with Crippen LogP contribution in [0.5, 0.6) is 0 Å². The highest BCUT2D eigenvalue weighted by Gasteiger charge is 2.11. The second kappa shape index (κ2) is 7.19. The largest absolute Gasteiger partial charge is 0.395 e. The van der Waals surface area contributed by atoms with Crippen LogP contribution in [0.2, 0.25) is 0 Å². The van der Waals surface area contributed by atoms with Gasteiger partial charge in [0.15, 0.2) is 5.76 Å². The molecule has 0 amide bonds. The Morgan fingerprint density at radius 1 is 1.10 bits per heavy atom. The molecule has 0 aliphatic rings. The SMILES string of the molecule is Cc1ccc(-c2cc(CN(CCO)CCO)on2)cc1. The summed E-state index contributed by atoms with van der Waals surface area (Å²) in [5, 5.41) is 22.0. The molecular weight excluding hydrogens is 256 g/mol. The first-order chi connectivity index (χ1) is 9.72. The van der Waals surface area contributed by atoms with E-state index in [-0.39, 0.29) is 13.2 Å². The Hall–Kier alpha value is -1.69. The molecule has 1 aromatic carbocycles. The van der Waals surface area contributed by atoms with Gasteiger partial charge in [-0.1, -0.05) is 35.0 Å². The van der Waals surface area contributed by atoms with Gasteiger partial charge in [0.25, 0.3) is 0 Å². The molecule has 0 saturated carbocycles. The average Bonchev–Trinajstić information content (AvgIpc) is 2.89. The lowest BCUT2D eigenvalue weighted by atomic mass is 10.1. The Bertz CT molecular complexity index is 516. The van der Waals surface area contributed by atoms with Crippen molar-refractivity contribution >= 4 is 0 Å². The van der Waals surface area contributed by atoms with Gasteiger partial charge in [-0.15, -0.1) is 0 Å². The highest BCUT2D eigenvalue weighted by atomic mass is 16.5. The van der Waals surface area contributed by atoms with Crippen LogP contribution in [0.4, 0.5) is 0 Å². The minimum absolute atomic E-state index is 0.0545. The molecule has 0 saturated heterocycles. The van der Waals surface area contributed by atoms with Crippen molar-refractivity contribution in [3.63, 3.8) is 0 Å². The zero-order valence-corrected chi connectivity index (χ0v) is 11.6. The van der Waals surface area contributed by atoms with Crippen LogP contribution in [0.25, 0.3) is 11.3 Å². The Morgan fingerprint density at radius 2 is 1.75 bits per heavy atom. The first kappa shape index (κ1) is 14.7. The smallest absolute Gasteiger partial charge is 0.151 e. The van der Waals surface area contributed by atoms with E-state index in [4.69, 9.17) is 14.7 Å². The predicted octanol–water partition coefficient (Wildman–Crippen LogP) is 1.44. The third kappa shape index (κ3) is 3.90. The number of aromatic nitrogens is 1. The van der Waals surface area contributed by atoms with Crippen LogP contribution >= 0.6 is 0 Å². The summed E-state index contributed by atoms with van der Waals surface area (Å²) >= 11 is 0. The fourth-order valence-corrected chi connectivity index (χ4v) is 2.02. The van der Waals surface area contributed by atoms with Gasteiger partial charge in [0.1, 0.15) is 5.69 Å². The minimum Gasteiger partial charge on any atom is -0.395 e. The summed E-state index contributed by atoms with van der Waals surface area (Å²) in [5.74, 6) is 0.725. The predicted molar refractivity (Wildman–Crippen MR) is 76.1 cm³/mol. The zero-order chi connectivity index (χ0) is 14.4. The molecule has 0 fully saturated rings. The van der Waals surface area contributed by atoms with Gasteiger partial charge in [-0.05, 0) is 6.92 Å². The van der Waals surface area contributed by atoms with Crippen molar-refractivity contribution in [1.29, 1.82) is 0 Å². The van der Waals surface area contributed by atoms with E-state index in [9.17, 15) is 0 Å². The molecule has 20 heavy (non-hydrogen) atoms. The van der Waals surface area contributed by atoms with E-state index in [0.29, 0.717) is 19.6 Å². The van der Waals surface area contributed by atoms with E-state index in [1.54, 1.807) is 0 Å². The van der Waals surface area contributed by atoms with E-state index >= 15 is 0 Å². The number of aryl methyl sites for hydroxylation is 1. The van der Waals surface area contributed by atoms with Crippen LogP contribution in [0.1, 0.15) is 11.3 Å². The van der Waals surface area contributed by atoms with Crippen LogP contribution in [-0.4, -0.2) is 46.6 Å². The van der Waals surface area contributed by atoms with Gasteiger partial charge in [0.2, 0.25) is 0 Å². The van der Waals surface area contributed by atoms with E-state index < -0.39 is 0 Å². The van der Waals surface area contributed by atoms with E-state index in [0.717, 1.165) is 17.0 Å². The lowest BCUT2D eigenvalue weighted by molar-refractivity contribution is 0.145. The third-order valence-electron chi connectivity index (χ3n) is 3.12. The normalized spacial score (nSPS) is 11.2. The molecule has 0 atom stereocenters. The first-order valence-corrected chi connectivity index (χ1v) is 6.69. The van der Waals surface area contributed by atoms with Gasteiger partial charge in [-0.2, -0.15) is 0 Å². The molecule has 5 heteroatoms. The maximum Gasteiger partial charge on any atom is 0.151 e. The van der Waals surface area contributed by atoms with Crippen molar-refractivity contribution < 1.29 is 14.7 Å². The molecule has 2 rings (SSSR count). The van der Waals surface area contributed by atoms with E-state index in [2.05, 4.69) is 5.16 Å². The van der Waals surface area contributed by atoms with Crippen LogP contribution in [-0.2, 0) is 6.54 Å². The summed E-state index contributed by atoms with van der Waals surface area (Å²) in [6.07, 6.45) is 0. The maximum atomic E-state index is 8.98. The molecule has 0 unspecified atom stereocenters. The quantitative estimate of drug-likeness (QED) is 0.800. The fraction of sp³-hybridized carbons (Fsp3) is 0.400. The minimum atomic E-state index is 0.0545. The van der Waals surface area contributed by atoms with Crippen LogP contribution < -0.4 is 0 Å². The molecule has 2 N–H and O–H groups in total. The van der Waals surface area contributed by atoms with E-state index in [1.165, 1.54) is 5.56 Å². The van der Waals surface area contributed by atoms with Gasteiger partial charge < -0.3 is 14.7 Å². The molecule has 5 nitrogen and oxygen atoms in total. The van der Waals surface area contributed by atoms with Crippen molar-refractivity contribution in [2.45, 2.75) is 13.5 Å². The Kier molecular flexibility index (Phi) is 5.29. The number of hydrogen-bond donors (Lipinski definition) is 2. The molecule has 0 aliphatic heterocycles. The summed E-state index contributed by atoms with van der Waals surface area (Å²) in [5.41, 5.74) is 3.02. The molecule has 1 aromatic heterocycles. The van der Waals surface area contributed by atoms with Crippen molar-refractivity contribution in [3.8, 4) is 11.3 Å². The zero-order valence-electron chi connectivity index (χ0n) is 11.6. The topological polar surface area (TPSA) is 69.7 Å². The molecule has 0 radical (unpaired) electrons. The highest BCUT2D eigenvalue weighted by Crippen LogP contribution is 2.20. The van der Waals surface area contributed by atoms with Crippen LogP contribution in [0, 0.1) is 6.92 Å². The summed E-state index contributed by atoms with van der Waals surface area (Å²) in [6, 6.07) is 9.99. The van der Waals surface area contributed by atoms with Crippen molar-refractivity contribution in [2.75, 3.05) is 26.3 Å². The molecule has 108 valence electrons. The summed E-state index contributed by atoms with van der Waals surface area (Å²) in [7, 11) is 0. The molecular formula is C15H20N2O3. The number of hydrogen-bond acceptors (Lipinski definition) is 5. The maximum absolute atomic E-state index is 8.98. The third-order valence-corrected chi connectivity index (χ3v) is 3.12. The van der Waals surface area contributed by atoms with Gasteiger partial charge in [-0.25, -0.2) is 0 Å².